The highest BCUT2D eigenvalue weighted by Gasteiger charge is 2.23. The van der Waals surface area contributed by atoms with Gasteiger partial charge in [-0.15, -0.1) is 0 Å². The van der Waals surface area contributed by atoms with E-state index in [-0.39, 0.29) is 6.10 Å². The average Bonchev–Trinajstić information content (AvgIpc) is 2.78. The molecule has 1 fully saturated rings. The molecule has 6 heteroatoms. The summed E-state index contributed by atoms with van der Waals surface area (Å²) < 4.78 is 5.78. The third-order valence-corrected chi connectivity index (χ3v) is 4.35. The maximum Gasteiger partial charge on any atom is 0.187 e. The first kappa shape index (κ1) is 13.8. The number of aromatic nitrogens is 1. The van der Waals surface area contributed by atoms with Crippen LogP contribution in [0.25, 0.3) is 0 Å². The van der Waals surface area contributed by atoms with Gasteiger partial charge in [-0.25, -0.2) is 4.98 Å². The van der Waals surface area contributed by atoms with Crippen LogP contribution in [0, 0.1) is 0 Å². The minimum atomic E-state index is 0.265. The van der Waals surface area contributed by atoms with Crippen molar-refractivity contribution in [2.45, 2.75) is 32.3 Å². The normalized spacial score (nSPS) is 20.1. The van der Waals surface area contributed by atoms with Crippen molar-refractivity contribution in [3.8, 4) is 0 Å². The molecule has 0 aromatic carbocycles. The van der Waals surface area contributed by atoms with Crippen molar-refractivity contribution in [3.63, 3.8) is 0 Å². The molecule has 1 unspecified atom stereocenters. The molecule has 18 heavy (non-hydrogen) atoms. The zero-order chi connectivity index (χ0) is 13.0. The second kappa shape index (κ2) is 6.50. The molecule has 0 aliphatic carbocycles. The van der Waals surface area contributed by atoms with Crippen molar-refractivity contribution in [1.29, 1.82) is 0 Å². The number of anilines is 1. The lowest BCUT2D eigenvalue weighted by atomic mass is 10.1. The van der Waals surface area contributed by atoms with Gasteiger partial charge >= 0.3 is 0 Å². The molecule has 1 aromatic rings. The molecule has 0 saturated carbocycles. The summed E-state index contributed by atoms with van der Waals surface area (Å²) >= 11 is 7.25. The summed E-state index contributed by atoms with van der Waals surface area (Å²) in [6.07, 6.45) is 4.24. The van der Waals surface area contributed by atoms with Crippen molar-refractivity contribution in [1.82, 2.24) is 4.98 Å². The van der Waals surface area contributed by atoms with E-state index in [1.54, 1.807) is 0 Å². The molecule has 0 bridgehead atoms. The SMILES string of the molecule is CCCOC1CCCN(c2nc(Cl)c(C=O)s2)C1. The predicted octanol–water partition coefficient (Wildman–Crippen LogP) is 3.00. The summed E-state index contributed by atoms with van der Waals surface area (Å²) in [5, 5.41) is 1.13. The highest BCUT2D eigenvalue weighted by molar-refractivity contribution is 7.17. The van der Waals surface area contributed by atoms with Gasteiger partial charge < -0.3 is 9.64 Å². The van der Waals surface area contributed by atoms with Gasteiger partial charge in [0.05, 0.1) is 6.10 Å². The van der Waals surface area contributed by atoms with Gasteiger partial charge in [-0.05, 0) is 19.3 Å². The van der Waals surface area contributed by atoms with Gasteiger partial charge in [0.1, 0.15) is 4.88 Å². The highest BCUT2D eigenvalue weighted by atomic mass is 35.5. The summed E-state index contributed by atoms with van der Waals surface area (Å²) in [4.78, 5) is 17.7. The number of aldehydes is 1. The minimum absolute atomic E-state index is 0.265. The predicted molar refractivity (Wildman–Crippen MR) is 74.0 cm³/mol. The molecule has 0 radical (unpaired) electrons. The summed E-state index contributed by atoms with van der Waals surface area (Å²) in [7, 11) is 0. The zero-order valence-corrected chi connectivity index (χ0v) is 12.0. The van der Waals surface area contributed by atoms with Crippen molar-refractivity contribution < 1.29 is 9.53 Å². The lowest BCUT2D eigenvalue weighted by Gasteiger charge is -2.32. The Bertz CT molecular complexity index is 411. The topological polar surface area (TPSA) is 42.4 Å². The van der Waals surface area contributed by atoms with E-state index in [1.807, 2.05) is 0 Å². The molecule has 1 aromatic heterocycles. The fraction of sp³-hybridized carbons (Fsp3) is 0.667. The second-order valence-corrected chi connectivity index (χ2v) is 5.72. The van der Waals surface area contributed by atoms with Crippen molar-refractivity contribution in [2.24, 2.45) is 0 Å². The molecule has 0 spiro atoms. The van der Waals surface area contributed by atoms with Crippen LogP contribution >= 0.6 is 22.9 Å². The van der Waals surface area contributed by atoms with Gasteiger partial charge in [0.15, 0.2) is 16.6 Å². The number of carbonyl (C=O) groups excluding carboxylic acids is 1. The second-order valence-electron chi connectivity index (χ2n) is 4.35. The van der Waals surface area contributed by atoms with Gasteiger partial charge in [0.2, 0.25) is 0 Å². The first-order chi connectivity index (χ1) is 8.74. The molecule has 4 nitrogen and oxygen atoms in total. The number of nitrogens with zero attached hydrogens (tertiary/aromatic N) is 2. The van der Waals surface area contributed by atoms with E-state index in [9.17, 15) is 4.79 Å². The van der Waals surface area contributed by atoms with Crippen LogP contribution in [0.5, 0.6) is 0 Å². The van der Waals surface area contributed by atoms with Crippen LogP contribution in [0.1, 0.15) is 35.9 Å². The van der Waals surface area contributed by atoms with Crippen molar-refractivity contribution >= 4 is 34.4 Å². The lowest BCUT2D eigenvalue weighted by Crippen LogP contribution is -2.39. The minimum Gasteiger partial charge on any atom is -0.376 e. The summed E-state index contributed by atoms with van der Waals surface area (Å²) in [5.74, 6) is 0. The summed E-state index contributed by atoms with van der Waals surface area (Å²) in [6, 6.07) is 0. The number of hydrogen-bond donors (Lipinski definition) is 0. The van der Waals surface area contributed by atoms with E-state index in [1.165, 1.54) is 11.3 Å². The quantitative estimate of drug-likeness (QED) is 0.781. The molecular weight excluding hydrogens is 272 g/mol. The van der Waals surface area contributed by atoms with Gasteiger partial charge in [0.25, 0.3) is 0 Å². The Hall–Kier alpha value is -0.650. The molecule has 0 N–H and O–H groups in total. The maximum absolute atomic E-state index is 10.8. The molecule has 100 valence electrons. The van der Waals surface area contributed by atoms with Crippen LogP contribution in [0.3, 0.4) is 0 Å². The van der Waals surface area contributed by atoms with E-state index >= 15 is 0 Å². The lowest BCUT2D eigenvalue weighted by molar-refractivity contribution is 0.0440. The van der Waals surface area contributed by atoms with E-state index in [4.69, 9.17) is 16.3 Å². The monoisotopic (exact) mass is 288 g/mol. The van der Waals surface area contributed by atoms with Crippen LogP contribution in [0.2, 0.25) is 5.15 Å². The van der Waals surface area contributed by atoms with Crippen molar-refractivity contribution in [2.75, 3.05) is 24.6 Å². The number of carbonyl (C=O) groups is 1. The fourth-order valence-corrected chi connectivity index (χ4v) is 3.14. The standard InChI is InChI=1S/C12H17ClN2O2S/c1-2-6-17-9-4-3-5-15(7-9)12-14-11(13)10(8-16)18-12/h8-9H,2-7H2,1H3. The first-order valence-corrected chi connectivity index (χ1v) is 7.42. The van der Waals surface area contributed by atoms with Crippen LogP contribution in [-0.4, -0.2) is 37.1 Å². The maximum atomic E-state index is 10.8. The smallest absolute Gasteiger partial charge is 0.187 e. The molecule has 1 saturated heterocycles. The Morgan fingerprint density at radius 1 is 1.67 bits per heavy atom. The molecule has 2 heterocycles. The molecule has 1 atom stereocenters. The average molecular weight is 289 g/mol. The largest absolute Gasteiger partial charge is 0.376 e. The number of thiazole rings is 1. The Kier molecular flexibility index (Phi) is 4.97. The van der Waals surface area contributed by atoms with Crippen LogP contribution < -0.4 is 4.90 Å². The van der Waals surface area contributed by atoms with Gasteiger partial charge in [-0.3, -0.25) is 4.79 Å². The summed E-state index contributed by atoms with van der Waals surface area (Å²) in [6.45, 7) is 4.70. The molecular formula is C12H17ClN2O2S. The number of piperidine rings is 1. The third-order valence-electron chi connectivity index (χ3n) is 2.91. The number of hydrogen-bond acceptors (Lipinski definition) is 5. The Labute approximate surface area is 116 Å². The highest BCUT2D eigenvalue weighted by Crippen LogP contribution is 2.30. The third kappa shape index (κ3) is 3.22. The van der Waals surface area contributed by atoms with E-state index in [0.717, 1.165) is 50.4 Å². The van der Waals surface area contributed by atoms with E-state index in [0.29, 0.717) is 10.0 Å². The zero-order valence-electron chi connectivity index (χ0n) is 10.4. The van der Waals surface area contributed by atoms with E-state index < -0.39 is 0 Å². The molecule has 2 rings (SSSR count). The first-order valence-electron chi connectivity index (χ1n) is 6.22. The van der Waals surface area contributed by atoms with Crippen LogP contribution in [0.4, 0.5) is 5.13 Å². The van der Waals surface area contributed by atoms with Crippen LogP contribution in [0.15, 0.2) is 0 Å². The van der Waals surface area contributed by atoms with E-state index in [2.05, 4.69) is 16.8 Å². The Morgan fingerprint density at radius 3 is 3.17 bits per heavy atom. The summed E-state index contributed by atoms with van der Waals surface area (Å²) in [5.41, 5.74) is 0. The molecule has 1 aliphatic rings. The van der Waals surface area contributed by atoms with Crippen molar-refractivity contribution in [3.05, 3.63) is 10.0 Å². The fourth-order valence-electron chi connectivity index (χ4n) is 2.04. The van der Waals surface area contributed by atoms with Gasteiger partial charge in [-0.1, -0.05) is 29.9 Å². The van der Waals surface area contributed by atoms with Crippen LogP contribution in [-0.2, 0) is 4.74 Å². The molecule has 0 amide bonds. The molecule has 1 aliphatic heterocycles. The Morgan fingerprint density at radius 2 is 2.50 bits per heavy atom. The number of rotatable bonds is 5. The number of ether oxygens (including phenoxy) is 1. The van der Waals surface area contributed by atoms with Gasteiger partial charge in [0, 0.05) is 19.7 Å². The number of halogens is 1. The van der Waals surface area contributed by atoms with Gasteiger partial charge in [-0.2, -0.15) is 0 Å². The Balaban J connectivity index is 2.01.